The molecule has 1 unspecified atom stereocenters. The Balaban J connectivity index is 1.69. The first-order valence-corrected chi connectivity index (χ1v) is 7.74. The zero-order valence-electron chi connectivity index (χ0n) is 11.8. The van der Waals surface area contributed by atoms with Crippen LogP contribution in [-0.4, -0.2) is 47.0 Å². The highest BCUT2D eigenvalue weighted by Gasteiger charge is 2.16. The number of anilines is 1. The lowest BCUT2D eigenvalue weighted by Crippen LogP contribution is -2.32. The van der Waals surface area contributed by atoms with Crippen molar-refractivity contribution in [1.82, 2.24) is 15.5 Å². The smallest absolute Gasteiger partial charge is 0.230 e. The van der Waals surface area contributed by atoms with Gasteiger partial charge in [-0.05, 0) is 25.0 Å². The van der Waals surface area contributed by atoms with Crippen LogP contribution in [0.3, 0.4) is 0 Å². The lowest BCUT2D eigenvalue weighted by Gasteiger charge is -2.10. The van der Waals surface area contributed by atoms with E-state index in [4.69, 9.17) is 4.74 Å². The molecule has 1 aliphatic rings. The van der Waals surface area contributed by atoms with Gasteiger partial charge in [-0.3, -0.25) is 9.59 Å². The molecule has 21 heavy (non-hydrogen) atoms. The van der Waals surface area contributed by atoms with Gasteiger partial charge in [0.05, 0.1) is 11.9 Å². The van der Waals surface area contributed by atoms with Gasteiger partial charge in [0.2, 0.25) is 11.8 Å². The van der Waals surface area contributed by atoms with Crippen LogP contribution in [0.2, 0.25) is 0 Å². The van der Waals surface area contributed by atoms with E-state index >= 15 is 0 Å². The van der Waals surface area contributed by atoms with Crippen molar-refractivity contribution in [3.05, 3.63) is 12.1 Å². The molecule has 1 aromatic heterocycles. The molecular weight excluding hydrogens is 292 g/mol. The lowest BCUT2D eigenvalue weighted by molar-refractivity contribution is -0.119. The standard InChI is InChI=1S/C13H18N4O3S/c1-9(18)15-11-4-5-13(17-16-11)21-8-12(19)14-7-10-3-2-6-20-10/h4-5,10H,2-3,6-8H2,1H3,(H,14,19)(H,15,16,18). The molecular formula is C13H18N4O3S. The lowest BCUT2D eigenvalue weighted by atomic mass is 10.2. The van der Waals surface area contributed by atoms with Crippen LogP contribution in [0.15, 0.2) is 17.2 Å². The van der Waals surface area contributed by atoms with E-state index in [9.17, 15) is 9.59 Å². The third kappa shape index (κ3) is 5.68. The normalized spacial score (nSPS) is 17.5. The summed E-state index contributed by atoms with van der Waals surface area (Å²) in [5, 5.41) is 13.8. The molecule has 2 amide bonds. The Kier molecular flexibility index (Phi) is 5.94. The van der Waals surface area contributed by atoms with Gasteiger partial charge in [0.25, 0.3) is 0 Å². The minimum Gasteiger partial charge on any atom is -0.376 e. The Hall–Kier alpha value is -1.67. The number of carbonyl (C=O) groups excluding carboxylic acids is 2. The Morgan fingerprint density at radius 1 is 1.43 bits per heavy atom. The minimum absolute atomic E-state index is 0.0526. The van der Waals surface area contributed by atoms with Crippen LogP contribution in [-0.2, 0) is 14.3 Å². The Morgan fingerprint density at radius 3 is 2.90 bits per heavy atom. The Morgan fingerprint density at radius 2 is 2.29 bits per heavy atom. The predicted molar refractivity (Wildman–Crippen MR) is 79.0 cm³/mol. The maximum atomic E-state index is 11.7. The topological polar surface area (TPSA) is 93.2 Å². The van der Waals surface area contributed by atoms with Crippen molar-refractivity contribution in [2.45, 2.75) is 30.9 Å². The molecule has 1 atom stereocenters. The SMILES string of the molecule is CC(=O)Nc1ccc(SCC(=O)NCC2CCCO2)nn1. The molecule has 114 valence electrons. The van der Waals surface area contributed by atoms with Gasteiger partial charge in [0.15, 0.2) is 5.82 Å². The molecule has 2 rings (SSSR count). The van der Waals surface area contributed by atoms with E-state index in [1.165, 1.54) is 18.7 Å². The van der Waals surface area contributed by atoms with E-state index in [0.29, 0.717) is 17.4 Å². The van der Waals surface area contributed by atoms with Crippen molar-refractivity contribution in [3.8, 4) is 0 Å². The van der Waals surface area contributed by atoms with Crippen LogP contribution in [0.4, 0.5) is 5.82 Å². The summed E-state index contributed by atoms with van der Waals surface area (Å²) in [5.74, 6) is 0.428. The number of nitrogens with one attached hydrogen (secondary N) is 2. The number of nitrogens with zero attached hydrogens (tertiary/aromatic N) is 2. The Bertz CT molecular complexity index is 489. The van der Waals surface area contributed by atoms with E-state index in [-0.39, 0.29) is 23.7 Å². The molecule has 8 heteroatoms. The van der Waals surface area contributed by atoms with Crippen LogP contribution in [0.5, 0.6) is 0 Å². The van der Waals surface area contributed by atoms with Crippen LogP contribution in [0.1, 0.15) is 19.8 Å². The average Bonchev–Trinajstić information content (AvgIpc) is 2.97. The number of hydrogen-bond acceptors (Lipinski definition) is 6. The third-order valence-electron chi connectivity index (χ3n) is 2.85. The van der Waals surface area contributed by atoms with Crippen LogP contribution in [0.25, 0.3) is 0 Å². The van der Waals surface area contributed by atoms with Crippen molar-refractivity contribution >= 4 is 29.4 Å². The summed E-state index contributed by atoms with van der Waals surface area (Å²) in [6.45, 7) is 2.75. The highest BCUT2D eigenvalue weighted by Crippen LogP contribution is 2.15. The number of thioether (sulfide) groups is 1. The van der Waals surface area contributed by atoms with E-state index in [0.717, 1.165) is 19.4 Å². The van der Waals surface area contributed by atoms with Crippen molar-refractivity contribution < 1.29 is 14.3 Å². The molecule has 1 aliphatic heterocycles. The first-order valence-electron chi connectivity index (χ1n) is 6.76. The van der Waals surface area contributed by atoms with Crippen LogP contribution in [0, 0.1) is 0 Å². The van der Waals surface area contributed by atoms with E-state index in [2.05, 4.69) is 20.8 Å². The number of hydrogen-bond donors (Lipinski definition) is 2. The first kappa shape index (κ1) is 15.7. The largest absolute Gasteiger partial charge is 0.376 e. The fourth-order valence-corrected chi connectivity index (χ4v) is 2.51. The average molecular weight is 310 g/mol. The monoisotopic (exact) mass is 310 g/mol. The Labute approximate surface area is 127 Å². The molecule has 1 aromatic rings. The highest BCUT2D eigenvalue weighted by molar-refractivity contribution is 7.99. The maximum Gasteiger partial charge on any atom is 0.230 e. The molecule has 0 bridgehead atoms. The van der Waals surface area contributed by atoms with E-state index < -0.39 is 0 Å². The quantitative estimate of drug-likeness (QED) is 0.756. The summed E-state index contributed by atoms with van der Waals surface area (Å²) in [4.78, 5) is 22.5. The molecule has 0 aliphatic carbocycles. The molecule has 0 saturated carbocycles. The second-order valence-electron chi connectivity index (χ2n) is 4.67. The first-order chi connectivity index (χ1) is 10.1. The van der Waals surface area contributed by atoms with Crippen LogP contribution < -0.4 is 10.6 Å². The van der Waals surface area contributed by atoms with Gasteiger partial charge < -0.3 is 15.4 Å². The van der Waals surface area contributed by atoms with E-state index in [1.54, 1.807) is 12.1 Å². The van der Waals surface area contributed by atoms with Crippen molar-refractivity contribution in [1.29, 1.82) is 0 Å². The zero-order chi connectivity index (χ0) is 15.1. The van der Waals surface area contributed by atoms with Gasteiger partial charge in [0.1, 0.15) is 5.03 Å². The fraction of sp³-hybridized carbons (Fsp3) is 0.538. The van der Waals surface area contributed by atoms with Gasteiger partial charge >= 0.3 is 0 Å². The second kappa shape index (κ2) is 7.94. The van der Waals surface area contributed by atoms with Crippen molar-refractivity contribution in [2.24, 2.45) is 0 Å². The van der Waals surface area contributed by atoms with Gasteiger partial charge in [-0.15, -0.1) is 10.2 Å². The summed E-state index contributed by atoms with van der Waals surface area (Å²) >= 11 is 1.30. The number of amides is 2. The van der Waals surface area contributed by atoms with Gasteiger partial charge in [0, 0.05) is 20.1 Å². The maximum absolute atomic E-state index is 11.7. The molecule has 0 spiro atoms. The summed E-state index contributed by atoms with van der Waals surface area (Å²) in [7, 11) is 0. The number of ether oxygens (including phenoxy) is 1. The summed E-state index contributed by atoms with van der Waals surface area (Å²) in [6.07, 6.45) is 2.21. The van der Waals surface area contributed by atoms with Gasteiger partial charge in [-0.1, -0.05) is 11.8 Å². The van der Waals surface area contributed by atoms with Gasteiger partial charge in [-0.25, -0.2) is 0 Å². The fourth-order valence-electron chi connectivity index (χ4n) is 1.87. The highest BCUT2D eigenvalue weighted by atomic mass is 32.2. The predicted octanol–water partition coefficient (Wildman–Crippen LogP) is 0.822. The third-order valence-corrected chi connectivity index (χ3v) is 3.77. The molecule has 2 heterocycles. The summed E-state index contributed by atoms with van der Waals surface area (Å²) in [5.41, 5.74) is 0. The van der Waals surface area contributed by atoms with E-state index in [1.807, 2.05) is 0 Å². The molecule has 0 radical (unpaired) electrons. The minimum atomic E-state index is -0.196. The summed E-state index contributed by atoms with van der Waals surface area (Å²) < 4.78 is 5.43. The molecule has 7 nitrogen and oxygen atoms in total. The van der Waals surface area contributed by atoms with Crippen molar-refractivity contribution in [3.63, 3.8) is 0 Å². The molecule has 1 fully saturated rings. The second-order valence-corrected chi connectivity index (χ2v) is 5.66. The number of carbonyl (C=O) groups is 2. The molecule has 1 saturated heterocycles. The summed E-state index contributed by atoms with van der Waals surface area (Å²) in [6, 6.07) is 3.37. The number of aromatic nitrogens is 2. The molecule has 2 N–H and O–H groups in total. The molecule has 0 aromatic carbocycles. The van der Waals surface area contributed by atoms with Crippen LogP contribution >= 0.6 is 11.8 Å². The van der Waals surface area contributed by atoms with Gasteiger partial charge in [-0.2, -0.15) is 0 Å². The number of rotatable bonds is 6. The van der Waals surface area contributed by atoms with Crippen molar-refractivity contribution in [2.75, 3.05) is 24.2 Å². The zero-order valence-corrected chi connectivity index (χ0v) is 12.6.